The SMILES string of the molecule is Cc1cccc(C(=O)Nc2cccc(NCC(O)CO)c2)c1. The van der Waals surface area contributed by atoms with E-state index in [2.05, 4.69) is 10.6 Å². The smallest absolute Gasteiger partial charge is 0.255 e. The molecule has 0 heterocycles. The van der Waals surface area contributed by atoms with Crippen LogP contribution in [0.25, 0.3) is 0 Å². The van der Waals surface area contributed by atoms with Crippen LogP contribution in [-0.4, -0.2) is 35.4 Å². The minimum absolute atomic E-state index is 0.170. The van der Waals surface area contributed by atoms with Gasteiger partial charge in [-0.2, -0.15) is 0 Å². The van der Waals surface area contributed by atoms with E-state index in [-0.39, 0.29) is 19.1 Å². The van der Waals surface area contributed by atoms with Gasteiger partial charge in [-0.25, -0.2) is 0 Å². The number of aliphatic hydroxyl groups is 2. The van der Waals surface area contributed by atoms with Crippen LogP contribution >= 0.6 is 0 Å². The van der Waals surface area contributed by atoms with Crippen molar-refractivity contribution in [3.8, 4) is 0 Å². The molecule has 0 spiro atoms. The van der Waals surface area contributed by atoms with Gasteiger partial charge in [-0.05, 0) is 37.3 Å². The zero-order valence-corrected chi connectivity index (χ0v) is 12.4. The average molecular weight is 300 g/mol. The van der Waals surface area contributed by atoms with Gasteiger partial charge in [-0.15, -0.1) is 0 Å². The molecule has 1 atom stereocenters. The summed E-state index contributed by atoms with van der Waals surface area (Å²) in [4.78, 5) is 12.2. The lowest BCUT2D eigenvalue weighted by molar-refractivity contribution is 0.102. The first-order valence-corrected chi connectivity index (χ1v) is 7.09. The molecule has 116 valence electrons. The maximum Gasteiger partial charge on any atom is 0.255 e. The third kappa shape index (κ3) is 4.58. The predicted octanol–water partition coefficient (Wildman–Crippen LogP) is 2.01. The normalized spacial score (nSPS) is 11.8. The van der Waals surface area contributed by atoms with Crippen LogP contribution in [0.3, 0.4) is 0 Å². The zero-order chi connectivity index (χ0) is 15.9. The monoisotopic (exact) mass is 300 g/mol. The summed E-state index contributed by atoms with van der Waals surface area (Å²) < 4.78 is 0. The highest BCUT2D eigenvalue weighted by atomic mass is 16.3. The maximum atomic E-state index is 12.2. The summed E-state index contributed by atoms with van der Waals surface area (Å²) in [5, 5.41) is 23.9. The molecule has 0 aliphatic carbocycles. The van der Waals surface area contributed by atoms with Crippen LogP contribution in [0.2, 0.25) is 0 Å². The predicted molar refractivity (Wildman–Crippen MR) is 87.2 cm³/mol. The van der Waals surface area contributed by atoms with Gasteiger partial charge < -0.3 is 20.8 Å². The molecular weight excluding hydrogens is 280 g/mol. The number of anilines is 2. The van der Waals surface area contributed by atoms with E-state index in [9.17, 15) is 9.90 Å². The topological polar surface area (TPSA) is 81.6 Å². The van der Waals surface area contributed by atoms with Crippen LogP contribution in [0.5, 0.6) is 0 Å². The third-order valence-corrected chi connectivity index (χ3v) is 3.15. The van der Waals surface area contributed by atoms with Crippen molar-refractivity contribution < 1.29 is 15.0 Å². The van der Waals surface area contributed by atoms with Crippen molar-refractivity contribution in [1.29, 1.82) is 0 Å². The second kappa shape index (κ2) is 7.59. The first-order chi connectivity index (χ1) is 10.6. The second-order valence-electron chi connectivity index (χ2n) is 5.12. The van der Waals surface area contributed by atoms with E-state index in [0.717, 1.165) is 11.3 Å². The van der Waals surface area contributed by atoms with Crippen molar-refractivity contribution in [2.24, 2.45) is 0 Å². The highest BCUT2D eigenvalue weighted by Gasteiger charge is 2.07. The van der Waals surface area contributed by atoms with Gasteiger partial charge in [0.05, 0.1) is 12.7 Å². The average Bonchev–Trinajstić information content (AvgIpc) is 2.53. The Hall–Kier alpha value is -2.37. The standard InChI is InChI=1S/C17H20N2O3/c1-12-4-2-5-13(8-12)17(22)19-15-7-3-6-14(9-15)18-10-16(21)11-20/h2-9,16,18,20-21H,10-11H2,1H3,(H,19,22). The van der Waals surface area contributed by atoms with Gasteiger partial charge in [-0.1, -0.05) is 23.8 Å². The lowest BCUT2D eigenvalue weighted by Crippen LogP contribution is -2.23. The Morgan fingerprint density at radius 3 is 2.59 bits per heavy atom. The number of nitrogens with one attached hydrogen (secondary N) is 2. The second-order valence-corrected chi connectivity index (χ2v) is 5.12. The molecule has 2 aromatic rings. The number of rotatable bonds is 6. The van der Waals surface area contributed by atoms with Crippen molar-refractivity contribution in [2.75, 3.05) is 23.8 Å². The molecule has 0 aromatic heterocycles. The van der Waals surface area contributed by atoms with Crippen LogP contribution in [-0.2, 0) is 0 Å². The summed E-state index contributed by atoms with van der Waals surface area (Å²) >= 11 is 0. The fourth-order valence-corrected chi connectivity index (χ4v) is 2.00. The largest absolute Gasteiger partial charge is 0.394 e. The third-order valence-electron chi connectivity index (χ3n) is 3.15. The summed E-state index contributed by atoms with van der Waals surface area (Å²) in [6.45, 7) is 1.89. The lowest BCUT2D eigenvalue weighted by Gasteiger charge is -2.12. The highest BCUT2D eigenvalue weighted by Crippen LogP contribution is 2.16. The number of carbonyl (C=O) groups is 1. The van der Waals surface area contributed by atoms with Crippen LogP contribution in [0.1, 0.15) is 15.9 Å². The number of carbonyl (C=O) groups excluding carboxylic acids is 1. The van der Waals surface area contributed by atoms with E-state index in [0.29, 0.717) is 11.3 Å². The van der Waals surface area contributed by atoms with Crippen molar-refractivity contribution >= 4 is 17.3 Å². The molecule has 0 aliphatic rings. The van der Waals surface area contributed by atoms with Crippen LogP contribution in [0.4, 0.5) is 11.4 Å². The Morgan fingerprint density at radius 1 is 1.14 bits per heavy atom. The molecule has 22 heavy (non-hydrogen) atoms. The van der Waals surface area contributed by atoms with Crippen molar-refractivity contribution in [3.63, 3.8) is 0 Å². The summed E-state index contributed by atoms with van der Waals surface area (Å²) in [5.41, 5.74) is 3.06. The molecule has 1 unspecified atom stereocenters. The van der Waals surface area contributed by atoms with Crippen LogP contribution < -0.4 is 10.6 Å². The Kier molecular flexibility index (Phi) is 5.52. The Bertz CT molecular complexity index is 643. The van der Waals surface area contributed by atoms with Gasteiger partial charge in [0.15, 0.2) is 0 Å². The lowest BCUT2D eigenvalue weighted by atomic mass is 10.1. The molecule has 0 bridgehead atoms. The zero-order valence-electron chi connectivity index (χ0n) is 12.4. The van der Waals surface area contributed by atoms with Crippen LogP contribution in [0.15, 0.2) is 48.5 Å². The molecule has 5 heteroatoms. The molecule has 5 nitrogen and oxygen atoms in total. The Morgan fingerprint density at radius 2 is 1.86 bits per heavy atom. The Labute approximate surface area is 129 Å². The van der Waals surface area contributed by atoms with Crippen molar-refractivity contribution in [3.05, 3.63) is 59.7 Å². The van der Waals surface area contributed by atoms with E-state index >= 15 is 0 Å². The Balaban J connectivity index is 2.02. The summed E-state index contributed by atoms with van der Waals surface area (Å²) in [6, 6.07) is 14.6. The van der Waals surface area contributed by atoms with Gasteiger partial charge in [0.1, 0.15) is 0 Å². The quantitative estimate of drug-likeness (QED) is 0.658. The van der Waals surface area contributed by atoms with Crippen molar-refractivity contribution in [1.82, 2.24) is 0 Å². The number of benzene rings is 2. The van der Waals surface area contributed by atoms with E-state index in [1.807, 2.05) is 31.2 Å². The summed E-state index contributed by atoms with van der Waals surface area (Å²) in [7, 11) is 0. The summed E-state index contributed by atoms with van der Waals surface area (Å²) in [5.74, 6) is -0.170. The molecule has 0 saturated heterocycles. The fraction of sp³-hybridized carbons (Fsp3) is 0.235. The number of amides is 1. The molecule has 2 aromatic carbocycles. The first kappa shape index (κ1) is 16.0. The van der Waals surface area contributed by atoms with E-state index < -0.39 is 6.10 Å². The maximum absolute atomic E-state index is 12.2. The molecule has 1 amide bonds. The molecule has 0 radical (unpaired) electrons. The van der Waals surface area contributed by atoms with Crippen molar-refractivity contribution in [2.45, 2.75) is 13.0 Å². The molecule has 0 saturated carbocycles. The minimum Gasteiger partial charge on any atom is -0.394 e. The molecule has 0 aliphatic heterocycles. The molecule has 2 rings (SSSR count). The number of aliphatic hydroxyl groups excluding tert-OH is 2. The minimum atomic E-state index is -0.814. The van der Waals surface area contributed by atoms with Gasteiger partial charge in [0.2, 0.25) is 0 Å². The first-order valence-electron chi connectivity index (χ1n) is 7.09. The van der Waals surface area contributed by atoms with Gasteiger partial charge in [0, 0.05) is 23.5 Å². The van der Waals surface area contributed by atoms with Gasteiger partial charge in [-0.3, -0.25) is 4.79 Å². The molecule has 4 N–H and O–H groups in total. The molecule has 0 fully saturated rings. The van der Waals surface area contributed by atoms with E-state index in [1.54, 1.807) is 24.3 Å². The molecular formula is C17H20N2O3. The fourth-order valence-electron chi connectivity index (χ4n) is 2.00. The number of hydrogen-bond acceptors (Lipinski definition) is 4. The number of aryl methyl sites for hydroxylation is 1. The van der Waals surface area contributed by atoms with Crippen LogP contribution in [0, 0.1) is 6.92 Å². The van der Waals surface area contributed by atoms with Gasteiger partial charge in [0.25, 0.3) is 5.91 Å². The van der Waals surface area contributed by atoms with Gasteiger partial charge >= 0.3 is 0 Å². The summed E-state index contributed by atoms with van der Waals surface area (Å²) in [6.07, 6.45) is -0.814. The highest BCUT2D eigenvalue weighted by molar-refractivity contribution is 6.04. The number of hydrogen-bond donors (Lipinski definition) is 4. The van der Waals surface area contributed by atoms with E-state index in [4.69, 9.17) is 5.11 Å². The van der Waals surface area contributed by atoms with E-state index in [1.165, 1.54) is 0 Å².